The van der Waals surface area contributed by atoms with Gasteiger partial charge in [0.15, 0.2) is 0 Å². The SMILES string of the molecule is CCOC=O.c1ccc(C(c2ccccc2)(c2ccccc2)c2ccc3ccccc3c2)cc1. The molecule has 0 N–H and O–H groups in total. The first-order valence-electron chi connectivity index (χ1n) is 11.5. The first-order valence-corrected chi connectivity index (χ1v) is 11.5. The van der Waals surface area contributed by atoms with Crippen LogP contribution in [0.1, 0.15) is 29.2 Å². The Labute approximate surface area is 201 Å². The van der Waals surface area contributed by atoms with Crippen molar-refractivity contribution in [2.24, 2.45) is 0 Å². The van der Waals surface area contributed by atoms with Gasteiger partial charge in [0.1, 0.15) is 0 Å². The molecule has 0 spiro atoms. The van der Waals surface area contributed by atoms with Crippen LogP contribution in [0.15, 0.2) is 133 Å². The molecule has 0 fully saturated rings. The molecule has 0 saturated heterocycles. The molecule has 0 unspecified atom stereocenters. The molecule has 0 saturated carbocycles. The van der Waals surface area contributed by atoms with Crippen LogP contribution in [0.25, 0.3) is 10.8 Å². The molecule has 0 aliphatic carbocycles. The summed E-state index contributed by atoms with van der Waals surface area (Å²) in [5.74, 6) is 0. The lowest BCUT2D eigenvalue weighted by Crippen LogP contribution is -2.30. The predicted octanol–water partition coefficient (Wildman–Crippen LogP) is 7.40. The molecule has 2 nitrogen and oxygen atoms in total. The summed E-state index contributed by atoms with van der Waals surface area (Å²) in [5, 5.41) is 2.52. The van der Waals surface area contributed by atoms with Crippen molar-refractivity contribution in [3.63, 3.8) is 0 Å². The minimum absolute atomic E-state index is 0.381. The van der Waals surface area contributed by atoms with E-state index >= 15 is 0 Å². The standard InChI is InChI=1S/C29H22.C3H6O2/c1-4-14-25(15-5-1)29(26-16-6-2-7-17-26,27-18-8-3-9-19-27)28-21-20-23-12-10-11-13-24(23)22-28;1-2-5-3-4/h1-22H;3H,2H2,1H3. The highest BCUT2D eigenvalue weighted by molar-refractivity contribution is 5.84. The molecule has 0 atom stereocenters. The van der Waals surface area contributed by atoms with Crippen molar-refractivity contribution in [3.8, 4) is 0 Å². The molecule has 5 aromatic carbocycles. The maximum Gasteiger partial charge on any atom is 0.293 e. The maximum atomic E-state index is 9.18. The monoisotopic (exact) mass is 444 g/mol. The maximum absolute atomic E-state index is 9.18. The summed E-state index contributed by atoms with van der Waals surface area (Å²) >= 11 is 0. The molecular weight excluding hydrogens is 416 g/mol. The summed E-state index contributed by atoms with van der Waals surface area (Å²) in [6.07, 6.45) is 0. The summed E-state index contributed by atoms with van der Waals surface area (Å²) in [6, 6.07) is 48.0. The van der Waals surface area contributed by atoms with Gasteiger partial charge in [0.25, 0.3) is 6.47 Å². The zero-order valence-electron chi connectivity index (χ0n) is 19.3. The first-order chi connectivity index (χ1) is 16.8. The third-order valence-corrected chi connectivity index (χ3v) is 6.04. The summed E-state index contributed by atoms with van der Waals surface area (Å²) in [4.78, 5) is 9.18. The van der Waals surface area contributed by atoms with E-state index < -0.39 is 0 Å². The number of hydrogen-bond donors (Lipinski definition) is 0. The number of rotatable bonds is 6. The summed E-state index contributed by atoms with van der Waals surface area (Å²) in [6.45, 7) is 2.66. The zero-order valence-corrected chi connectivity index (χ0v) is 19.3. The van der Waals surface area contributed by atoms with E-state index in [1.54, 1.807) is 6.92 Å². The minimum Gasteiger partial charge on any atom is -0.468 e. The molecule has 0 radical (unpaired) electrons. The fourth-order valence-electron chi connectivity index (χ4n) is 4.56. The lowest BCUT2D eigenvalue weighted by molar-refractivity contribution is -0.128. The number of benzene rings is 5. The van der Waals surface area contributed by atoms with Crippen LogP contribution >= 0.6 is 0 Å². The van der Waals surface area contributed by atoms with Gasteiger partial charge in [-0.1, -0.05) is 127 Å². The van der Waals surface area contributed by atoms with E-state index in [0.29, 0.717) is 13.1 Å². The summed E-state index contributed by atoms with van der Waals surface area (Å²) < 4.78 is 4.15. The van der Waals surface area contributed by atoms with Crippen LogP contribution in [-0.2, 0) is 14.9 Å². The number of fused-ring (bicyclic) bond motifs is 1. The number of carbonyl (C=O) groups is 1. The molecule has 168 valence electrons. The van der Waals surface area contributed by atoms with Gasteiger partial charge in [-0.3, -0.25) is 4.79 Å². The molecule has 0 aliphatic rings. The van der Waals surface area contributed by atoms with Crippen molar-refractivity contribution < 1.29 is 9.53 Å². The number of hydrogen-bond acceptors (Lipinski definition) is 2. The number of ether oxygens (including phenoxy) is 1. The van der Waals surface area contributed by atoms with Crippen LogP contribution in [0.4, 0.5) is 0 Å². The van der Waals surface area contributed by atoms with Crippen molar-refractivity contribution in [1.29, 1.82) is 0 Å². The highest BCUT2D eigenvalue weighted by Crippen LogP contribution is 2.45. The van der Waals surface area contributed by atoms with Gasteiger partial charge in [-0.25, -0.2) is 0 Å². The van der Waals surface area contributed by atoms with E-state index in [-0.39, 0.29) is 5.41 Å². The quantitative estimate of drug-likeness (QED) is 0.201. The second-order valence-electron chi connectivity index (χ2n) is 7.96. The van der Waals surface area contributed by atoms with Gasteiger partial charge in [-0.05, 0) is 46.0 Å². The lowest BCUT2D eigenvalue weighted by atomic mass is 9.65. The highest BCUT2D eigenvalue weighted by atomic mass is 16.5. The van der Waals surface area contributed by atoms with E-state index in [0.717, 1.165) is 0 Å². The van der Waals surface area contributed by atoms with Gasteiger partial charge >= 0.3 is 0 Å². The Hall–Kier alpha value is -4.17. The van der Waals surface area contributed by atoms with E-state index in [9.17, 15) is 4.79 Å². The predicted molar refractivity (Wildman–Crippen MR) is 140 cm³/mol. The first kappa shape index (κ1) is 23.0. The molecular formula is C32H28O2. The van der Waals surface area contributed by atoms with Crippen molar-refractivity contribution in [1.82, 2.24) is 0 Å². The van der Waals surface area contributed by atoms with E-state index in [1.807, 2.05) is 0 Å². The summed E-state index contributed by atoms with van der Waals surface area (Å²) in [5.41, 5.74) is 4.71. The fourth-order valence-corrected chi connectivity index (χ4v) is 4.56. The van der Waals surface area contributed by atoms with Crippen LogP contribution in [0, 0.1) is 0 Å². The van der Waals surface area contributed by atoms with Crippen LogP contribution in [-0.4, -0.2) is 13.1 Å². The average Bonchev–Trinajstić information content (AvgIpc) is 2.92. The van der Waals surface area contributed by atoms with E-state index in [2.05, 4.69) is 138 Å². The van der Waals surface area contributed by atoms with Crippen LogP contribution in [0.3, 0.4) is 0 Å². The highest BCUT2D eigenvalue weighted by Gasteiger charge is 2.38. The van der Waals surface area contributed by atoms with Crippen molar-refractivity contribution in [2.75, 3.05) is 6.61 Å². The van der Waals surface area contributed by atoms with Gasteiger partial charge in [0, 0.05) is 0 Å². The Morgan fingerprint density at radius 2 is 1.00 bits per heavy atom. The lowest BCUT2D eigenvalue weighted by Gasteiger charge is -2.37. The van der Waals surface area contributed by atoms with Crippen molar-refractivity contribution in [2.45, 2.75) is 12.3 Å². The Kier molecular flexibility index (Phi) is 7.52. The molecule has 5 rings (SSSR count). The van der Waals surface area contributed by atoms with Crippen LogP contribution < -0.4 is 0 Å². The van der Waals surface area contributed by atoms with E-state index in [1.165, 1.54) is 33.0 Å². The van der Waals surface area contributed by atoms with Gasteiger partial charge in [-0.15, -0.1) is 0 Å². The molecule has 0 heterocycles. The molecule has 0 amide bonds. The molecule has 0 aliphatic heterocycles. The Balaban J connectivity index is 0.000000499. The molecule has 0 bridgehead atoms. The molecule has 34 heavy (non-hydrogen) atoms. The zero-order chi connectivity index (χ0) is 23.6. The fraction of sp³-hybridized carbons (Fsp3) is 0.0938. The minimum atomic E-state index is -0.381. The van der Waals surface area contributed by atoms with Gasteiger partial charge in [0.2, 0.25) is 0 Å². The smallest absolute Gasteiger partial charge is 0.293 e. The normalized spacial score (nSPS) is 10.7. The number of carbonyl (C=O) groups excluding carboxylic acids is 1. The molecule has 2 heteroatoms. The van der Waals surface area contributed by atoms with Crippen molar-refractivity contribution >= 4 is 17.2 Å². The van der Waals surface area contributed by atoms with Crippen molar-refractivity contribution in [3.05, 3.63) is 156 Å². The second kappa shape index (κ2) is 11.1. The largest absolute Gasteiger partial charge is 0.468 e. The Morgan fingerprint density at radius 1 is 0.559 bits per heavy atom. The van der Waals surface area contributed by atoms with Crippen LogP contribution in [0.2, 0.25) is 0 Å². The second-order valence-corrected chi connectivity index (χ2v) is 7.96. The third kappa shape index (κ3) is 4.62. The summed E-state index contributed by atoms with van der Waals surface area (Å²) in [7, 11) is 0. The molecule has 0 aromatic heterocycles. The topological polar surface area (TPSA) is 26.3 Å². The van der Waals surface area contributed by atoms with E-state index in [4.69, 9.17) is 0 Å². The average molecular weight is 445 g/mol. The van der Waals surface area contributed by atoms with Gasteiger partial charge < -0.3 is 4.74 Å². The third-order valence-electron chi connectivity index (χ3n) is 6.04. The van der Waals surface area contributed by atoms with Crippen LogP contribution in [0.5, 0.6) is 0 Å². The Bertz CT molecular complexity index is 1220. The van der Waals surface area contributed by atoms with Gasteiger partial charge in [0.05, 0.1) is 12.0 Å². The van der Waals surface area contributed by atoms with Gasteiger partial charge in [-0.2, -0.15) is 0 Å². The Morgan fingerprint density at radius 3 is 1.41 bits per heavy atom. The molecule has 5 aromatic rings.